The molecule has 148 valence electrons. The molecule has 1 atom stereocenters. The van der Waals surface area contributed by atoms with E-state index in [0.717, 1.165) is 32.1 Å². The summed E-state index contributed by atoms with van der Waals surface area (Å²) in [7, 11) is 0. The number of rotatable bonds is 4. The van der Waals surface area contributed by atoms with Gasteiger partial charge in [-0.15, -0.1) is 0 Å². The normalized spacial score (nSPS) is 25.1. The number of ether oxygens (including phenoxy) is 1. The van der Waals surface area contributed by atoms with Crippen LogP contribution in [0.15, 0.2) is 18.2 Å². The number of fused-ring (bicyclic) bond motifs is 1. The SMILES string of the molecule is O=C(NC1(C(=O)O)CCOC1)c1ccc2c(c1)C(=O)N(C1CCCCC1)C2=O. The number of nitrogens with zero attached hydrogens (tertiary/aromatic N) is 1. The lowest BCUT2D eigenvalue weighted by Gasteiger charge is -2.29. The minimum Gasteiger partial charge on any atom is -0.479 e. The van der Waals surface area contributed by atoms with Gasteiger partial charge in [0.15, 0.2) is 5.54 Å². The molecule has 0 aromatic heterocycles. The molecule has 2 aliphatic heterocycles. The number of hydrogen-bond donors (Lipinski definition) is 2. The molecule has 1 aromatic rings. The van der Waals surface area contributed by atoms with E-state index in [4.69, 9.17) is 4.74 Å². The van der Waals surface area contributed by atoms with Gasteiger partial charge in [-0.3, -0.25) is 19.3 Å². The minimum atomic E-state index is -1.47. The predicted octanol–water partition coefficient (Wildman–Crippen LogP) is 1.59. The summed E-state index contributed by atoms with van der Waals surface area (Å²) in [6, 6.07) is 4.23. The van der Waals surface area contributed by atoms with Gasteiger partial charge >= 0.3 is 5.97 Å². The van der Waals surface area contributed by atoms with Crippen LogP contribution in [0.25, 0.3) is 0 Å². The first-order valence-electron chi connectivity index (χ1n) is 9.58. The molecule has 3 aliphatic rings. The Bertz CT molecular complexity index is 852. The Balaban J connectivity index is 1.58. The fourth-order valence-electron chi connectivity index (χ4n) is 4.25. The molecule has 1 unspecified atom stereocenters. The van der Waals surface area contributed by atoms with Crippen molar-refractivity contribution in [2.45, 2.75) is 50.1 Å². The van der Waals surface area contributed by atoms with Crippen molar-refractivity contribution in [3.63, 3.8) is 0 Å². The van der Waals surface area contributed by atoms with Crippen LogP contribution in [-0.4, -0.2) is 58.5 Å². The minimum absolute atomic E-state index is 0.0932. The molecule has 1 saturated carbocycles. The van der Waals surface area contributed by atoms with Crippen LogP contribution in [0.1, 0.15) is 69.6 Å². The van der Waals surface area contributed by atoms with Gasteiger partial charge in [-0.05, 0) is 31.0 Å². The van der Waals surface area contributed by atoms with Crippen molar-refractivity contribution in [2.24, 2.45) is 0 Å². The third-order valence-corrected chi connectivity index (χ3v) is 5.90. The van der Waals surface area contributed by atoms with Crippen molar-refractivity contribution in [1.29, 1.82) is 0 Å². The number of hydrogen-bond acceptors (Lipinski definition) is 5. The van der Waals surface area contributed by atoms with Crippen molar-refractivity contribution in [1.82, 2.24) is 10.2 Å². The van der Waals surface area contributed by atoms with E-state index in [2.05, 4.69) is 5.32 Å². The fourth-order valence-corrected chi connectivity index (χ4v) is 4.25. The quantitative estimate of drug-likeness (QED) is 0.760. The average Bonchev–Trinajstić information content (AvgIpc) is 3.26. The smallest absolute Gasteiger partial charge is 0.331 e. The van der Waals surface area contributed by atoms with Crippen molar-refractivity contribution >= 4 is 23.7 Å². The monoisotopic (exact) mass is 386 g/mol. The van der Waals surface area contributed by atoms with Crippen LogP contribution in [-0.2, 0) is 9.53 Å². The first-order valence-corrected chi connectivity index (χ1v) is 9.58. The standard InChI is InChI=1S/C20H22N2O6/c23-16(21-20(19(26)27)8-9-28-11-20)12-6-7-14-15(10-12)18(25)22(17(14)24)13-4-2-1-3-5-13/h6-7,10,13H,1-5,8-9,11H2,(H,21,23)(H,26,27). The molecule has 4 rings (SSSR count). The molecule has 2 heterocycles. The highest BCUT2D eigenvalue weighted by atomic mass is 16.5. The molecule has 0 radical (unpaired) electrons. The van der Waals surface area contributed by atoms with Gasteiger partial charge in [0, 0.05) is 24.6 Å². The maximum absolute atomic E-state index is 12.9. The number of amides is 3. The number of carboxylic acid groups (broad SMARTS) is 1. The van der Waals surface area contributed by atoms with E-state index in [0.29, 0.717) is 5.56 Å². The van der Waals surface area contributed by atoms with E-state index in [9.17, 15) is 24.3 Å². The van der Waals surface area contributed by atoms with Crippen LogP contribution in [0, 0.1) is 0 Å². The summed E-state index contributed by atoms with van der Waals surface area (Å²) in [5, 5.41) is 12.0. The molecule has 8 heteroatoms. The van der Waals surface area contributed by atoms with Crippen molar-refractivity contribution in [2.75, 3.05) is 13.2 Å². The molecule has 0 bridgehead atoms. The highest BCUT2D eigenvalue weighted by molar-refractivity contribution is 6.22. The zero-order chi connectivity index (χ0) is 19.9. The van der Waals surface area contributed by atoms with Crippen molar-refractivity contribution in [3.8, 4) is 0 Å². The third-order valence-electron chi connectivity index (χ3n) is 5.90. The lowest BCUT2D eigenvalue weighted by molar-refractivity contribution is -0.144. The van der Waals surface area contributed by atoms with Crippen molar-refractivity contribution in [3.05, 3.63) is 34.9 Å². The Morgan fingerprint density at radius 1 is 1.11 bits per heavy atom. The number of carbonyl (C=O) groups excluding carboxylic acids is 3. The Kier molecular flexibility index (Phi) is 4.66. The number of carbonyl (C=O) groups is 4. The molecule has 1 aromatic carbocycles. The maximum Gasteiger partial charge on any atom is 0.331 e. The van der Waals surface area contributed by atoms with E-state index in [1.54, 1.807) is 0 Å². The van der Waals surface area contributed by atoms with E-state index in [1.807, 2.05) is 0 Å². The lowest BCUT2D eigenvalue weighted by atomic mass is 9.94. The van der Waals surface area contributed by atoms with Crippen LogP contribution in [0.2, 0.25) is 0 Å². The summed E-state index contributed by atoms with van der Waals surface area (Å²) in [5.74, 6) is -2.45. The molecule has 1 saturated heterocycles. The zero-order valence-corrected chi connectivity index (χ0v) is 15.4. The predicted molar refractivity (Wildman–Crippen MR) is 97.1 cm³/mol. The molecule has 0 spiro atoms. The molecule has 2 N–H and O–H groups in total. The van der Waals surface area contributed by atoms with Gasteiger partial charge in [-0.1, -0.05) is 19.3 Å². The van der Waals surface area contributed by atoms with Gasteiger partial charge in [0.2, 0.25) is 0 Å². The number of nitrogens with one attached hydrogen (secondary N) is 1. The summed E-state index contributed by atoms with van der Waals surface area (Å²) in [5.41, 5.74) is -0.818. The molecule has 2 fully saturated rings. The fraction of sp³-hybridized carbons (Fsp3) is 0.500. The molecule has 28 heavy (non-hydrogen) atoms. The largest absolute Gasteiger partial charge is 0.479 e. The number of carboxylic acids is 1. The van der Waals surface area contributed by atoms with E-state index < -0.39 is 17.4 Å². The summed E-state index contributed by atoms with van der Waals surface area (Å²) in [4.78, 5) is 51.1. The van der Waals surface area contributed by atoms with Crippen LogP contribution < -0.4 is 5.32 Å². The van der Waals surface area contributed by atoms with Gasteiger partial charge in [-0.25, -0.2) is 4.79 Å². The summed E-state index contributed by atoms with van der Waals surface area (Å²) < 4.78 is 5.14. The van der Waals surface area contributed by atoms with Crippen LogP contribution in [0.3, 0.4) is 0 Å². The highest BCUT2D eigenvalue weighted by Crippen LogP contribution is 2.31. The van der Waals surface area contributed by atoms with Gasteiger partial charge in [0.05, 0.1) is 17.7 Å². The van der Waals surface area contributed by atoms with Gasteiger partial charge in [-0.2, -0.15) is 0 Å². The van der Waals surface area contributed by atoms with Crippen LogP contribution in [0.4, 0.5) is 0 Å². The number of benzene rings is 1. The Hall–Kier alpha value is -2.74. The second-order valence-corrected chi connectivity index (χ2v) is 7.68. The average molecular weight is 386 g/mol. The zero-order valence-electron chi connectivity index (χ0n) is 15.4. The molecular weight excluding hydrogens is 364 g/mol. The third kappa shape index (κ3) is 2.97. The maximum atomic E-state index is 12.9. The van der Waals surface area contributed by atoms with E-state index in [-0.39, 0.29) is 48.6 Å². The number of aliphatic carboxylic acids is 1. The second-order valence-electron chi connectivity index (χ2n) is 7.68. The first-order chi connectivity index (χ1) is 13.4. The summed E-state index contributed by atoms with van der Waals surface area (Å²) in [6.07, 6.45) is 4.88. The second kappa shape index (κ2) is 7.01. The summed E-state index contributed by atoms with van der Waals surface area (Å²) >= 11 is 0. The topological polar surface area (TPSA) is 113 Å². The van der Waals surface area contributed by atoms with E-state index in [1.165, 1.54) is 23.1 Å². The lowest BCUT2D eigenvalue weighted by Crippen LogP contribution is -2.55. The Morgan fingerprint density at radius 2 is 1.82 bits per heavy atom. The first kappa shape index (κ1) is 18.6. The van der Waals surface area contributed by atoms with Crippen molar-refractivity contribution < 1.29 is 29.0 Å². The summed E-state index contributed by atoms with van der Waals surface area (Å²) in [6.45, 7) is 0.145. The molecule has 1 aliphatic carbocycles. The van der Waals surface area contributed by atoms with Crippen LogP contribution in [0.5, 0.6) is 0 Å². The Labute approximate surface area is 161 Å². The molecule has 3 amide bonds. The highest BCUT2D eigenvalue weighted by Gasteiger charge is 2.45. The Morgan fingerprint density at radius 3 is 2.46 bits per heavy atom. The van der Waals surface area contributed by atoms with Gasteiger partial charge < -0.3 is 15.2 Å². The van der Waals surface area contributed by atoms with Gasteiger partial charge in [0.1, 0.15) is 0 Å². The van der Waals surface area contributed by atoms with Crippen LogP contribution >= 0.6 is 0 Å². The van der Waals surface area contributed by atoms with Gasteiger partial charge in [0.25, 0.3) is 17.7 Å². The number of imide groups is 1. The van der Waals surface area contributed by atoms with E-state index >= 15 is 0 Å². The molecule has 8 nitrogen and oxygen atoms in total. The molecular formula is C20H22N2O6.